The van der Waals surface area contributed by atoms with E-state index in [0.717, 1.165) is 5.39 Å². The molecule has 0 bridgehead atoms. The molecule has 0 saturated carbocycles. The van der Waals surface area contributed by atoms with Crippen LogP contribution in [0.15, 0.2) is 28.8 Å². The quantitative estimate of drug-likeness (QED) is 0.408. The molecule has 0 aliphatic heterocycles. The van der Waals surface area contributed by atoms with Gasteiger partial charge in [0.15, 0.2) is 5.58 Å². The van der Waals surface area contributed by atoms with Crippen LogP contribution >= 0.6 is 0 Å². The third-order valence-corrected chi connectivity index (χ3v) is 1.94. The van der Waals surface area contributed by atoms with E-state index in [4.69, 9.17) is 10.4 Å². The lowest BCUT2D eigenvalue weighted by Crippen LogP contribution is -2.31. The second kappa shape index (κ2) is 3.47. The molecule has 0 fully saturated rings. The third kappa shape index (κ3) is 1.45. The Morgan fingerprint density at radius 3 is 3.07 bits per heavy atom. The monoisotopic (exact) mass is 191 g/mol. The number of fused-ring (bicyclic) bond motifs is 1. The minimum absolute atomic E-state index is 0.132. The summed E-state index contributed by atoms with van der Waals surface area (Å²) in [5.41, 5.74) is 3.32. The number of para-hydroxylation sites is 1. The Morgan fingerprint density at radius 1 is 1.50 bits per heavy atom. The van der Waals surface area contributed by atoms with Crippen molar-refractivity contribution in [1.82, 2.24) is 10.6 Å². The summed E-state index contributed by atoms with van der Waals surface area (Å²) in [6.45, 7) is 0. The van der Waals surface area contributed by atoms with Crippen molar-refractivity contribution < 1.29 is 9.32 Å². The molecule has 2 aromatic rings. The SMILES string of the molecule is NNC(=O)Cc1noc2ccccc12. The molecule has 1 amide bonds. The molecule has 72 valence electrons. The first-order valence-electron chi connectivity index (χ1n) is 4.14. The number of hydrogen-bond donors (Lipinski definition) is 2. The Hall–Kier alpha value is -1.88. The average molecular weight is 191 g/mol. The smallest absolute Gasteiger partial charge is 0.240 e. The highest BCUT2D eigenvalue weighted by Crippen LogP contribution is 2.17. The Bertz CT molecular complexity index is 464. The van der Waals surface area contributed by atoms with Crippen molar-refractivity contribution >= 4 is 16.9 Å². The highest BCUT2D eigenvalue weighted by Gasteiger charge is 2.10. The van der Waals surface area contributed by atoms with Gasteiger partial charge in [0.05, 0.1) is 6.42 Å². The van der Waals surface area contributed by atoms with Crippen molar-refractivity contribution in [3.05, 3.63) is 30.0 Å². The lowest BCUT2D eigenvalue weighted by Gasteiger charge is -1.94. The highest BCUT2D eigenvalue weighted by molar-refractivity contribution is 5.85. The maximum Gasteiger partial charge on any atom is 0.240 e. The summed E-state index contributed by atoms with van der Waals surface area (Å²) < 4.78 is 5.02. The lowest BCUT2D eigenvalue weighted by atomic mass is 10.2. The Labute approximate surface area is 79.8 Å². The number of rotatable bonds is 2. The van der Waals surface area contributed by atoms with Crippen LogP contribution in [0, 0.1) is 0 Å². The van der Waals surface area contributed by atoms with Gasteiger partial charge in [-0.1, -0.05) is 17.3 Å². The predicted octanol–water partition coefficient (Wildman–Crippen LogP) is 0.360. The molecule has 5 heteroatoms. The number of carbonyl (C=O) groups is 1. The van der Waals surface area contributed by atoms with E-state index in [2.05, 4.69) is 5.16 Å². The topological polar surface area (TPSA) is 81.1 Å². The summed E-state index contributed by atoms with van der Waals surface area (Å²) in [6.07, 6.45) is 0.132. The fraction of sp³-hybridized carbons (Fsp3) is 0.111. The molecule has 0 radical (unpaired) electrons. The minimum atomic E-state index is -0.288. The normalized spacial score (nSPS) is 10.4. The van der Waals surface area contributed by atoms with Crippen LogP contribution in [0.25, 0.3) is 11.0 Å². The molecule has 0 spiro atoms. The number of carbonyl (C=O) groups excluding carboxylic acids is 1. The summed E-state index contributed by atoms with van der Waals surface area (Å²) in [5, 5.41) is 4.64. The molecule has 0 aliphatic carbocycles. The molecule has 3 N–H and O–H groups in total. The van der Waals surface area contributed by atoms with E-state index in [1.165, 1.54) is 0 Å². The number of hydrogen-bond acceptors (Lipinski definition) is 4. The second-order valence-corrected chi connectivity index (χ2v) is 2.87. The molecule has 1 heterocycles. The number of amides is 1. The third-order valence-electron chi connectivity index (χ3n) is 1.94. The maximum atomic E-state index is 11.0. The molecule has 5 nitrogen and oxygen atoms in total. The average Bonchev–Trinajstić information content (AvgIpc) is 2.62. The van der Waals surface area contributed by atoms with Gasteiger partial charge in [0.2, 0.25) is 5.91 Å². The van der Waals surface area contributed by atoms with Crippen LogP contribution in [0.5, 0.6) is 0 Å². The number of nitrogens with two attached hydrogens (primary N) is 1. The van der Waals surface area contributed by atoms with Crippen LogP contribution in [0.4, 0.5) is 0 Å². The zero-order valence-corrected chi connectivity index (χ0v) is 7.36. The summed E-state index contributed by atoms with van der Waals surface area (Å²) in [5.74, 6) is 4.69. The fourth-order valence-corrected chi connectivity index (χ4v) is 1.27. The van der Waals surface area contributed by atoms with Gasteiger partial charge >= 0.3 is 0 Å². The van der Waals surface area contributed by atoms with Crippen molar-refractivity contribution in [3.8, 4) is 0 Å². The first kappa shape index (κ1) is 8.71. The van der Waals surface area contributed by atoms with Gasteiger partial charge in [-0.15, -0.1) is 0 Å². The molecule has 0 aliphatic rings. The van der Waals surface area contributed by atoms with Crippen LogP contribution in [-0.2, 0) is 11.2 Å². The largest absolute Gasteiger partial charge is 0.356 e. The molecular weight excluding hydrogens is 182 g/mol. The zero-order chi connectivity index (χ0) is 9.97. The first-order valence-corrected chi connectivity index (χ1v) is 4.14. The summed E-state index contributed by atoms with van der Waals surface area (Å²) in [4.78, 5) is 11.0. The van der Waals surface area contributed by atoms with Crippen molar-refractivity contribution in [1.29, 1.82) is 0 Å². The van der Waals surface area contributed by atoms with Gasteiger partial charge < -0.3 is 4.52 Å². The first-order chi connectivity index (χ1) is 6.81. The van der Waals surface area contributed by atoms with E-state index in [1.54, 1.807) is 6.07 Å². The summed E-state index contributed by atoms with van der Waals surface area (Å²) >= 11 is 0. The molecule has 0 atom stereocenters. The van der Waals surface area contributed by atoms with E-state index >= 15 is 0 Å². The van der Waals surface area contributed by atoms with Crippen LogP contribution in [-0.4, -0.2) is 11.1 Å². The van der Waals surface area contributed by atoms with E-state index < -0.39 is 0 Å². The zero-order valence-electron chi connectivity index (χ0n) is 7.36. The van der Waals surface area contributed by atoms with Crippen LogP contribution in [0.2, 0.25) is 0 Å². The molecule has 0 saturated heterocycles. The predicted molar refractivity (Wildman–Crippen MR) is 50.0 cm³/mol. The van der Waals surface area contributed by atoms with Gasteiger partial charge in [0.25, 0.3) is 0 Å². The summed E-state index contributed by atoms with van der Waals surface area (Å²) in [7, 11) is 0. The van der Waals surface area contributed by atoms with E-state index in [0.29, 0.717) is 11.3 Å². The van der Waals surface area contributed by atoms with Crippen molar-refractivity contribution in [2.24, 2.45) is 5.84 Å². The van der Waals surface area contributed by atoms with Crippen LogP contribution < -0.4 is 11.3 Å². The number of nitrogens with zero attached hydrogens (tertiary/aromatic N) is 1. The summed E-state index contributed by atoms with van der Waals surface area (Å²) in [6, 6.07) is 7.36. The fourth-order valence-electron chi connectivity index (χ4n) is 1.27. The number of nitrogens with one attached hydrogen (secondary N) is 1. The second-order valence-electron chi connectivity index (χ2n) is 2.87. The van der Waals surface area contributed by atoms with Crippen molar-refractivity contribution in [2.45, 2.75) is 6.42 Å². The van der Waals surface area contributed by atoms with Gasteiger partial charge in [-0.3, -0.25) is 10.2 Å². The van der Waals surface area contributed by atoms with Crippen LogP contribution in [0.1, 0.15) is 5.69 Å². The highest BCUT2D eigenvalue weighted by atomic mass is 16.5. The molecule has 2 rings (SSSR count). The van der Waals surface area contributed by atoms with Crippen LogP contribution in [0.3, 0.4) is 0 Å². The van der Waals surface area contributed by atoms with Crippen molar-refractivity contribution in [2.75, 3.05) is 0 Å². The van der Waals surface area contributed by atoms with Crippen molar-refractivity contribution in [3.63, 3.8) is 0 Å². The van der Waals surface area contributed by atoms with Gasteiger partial charge in [0, 0.05) is 5.39 Å². The molecule has 1 aromatic carbocycles. The number of hydrazine groups is 1. The number of benzene rings is 1. The van der Waals surface area contributed by atoms with E-state index in [1.807, 2.05) is 23.6 Å². The molecule has 14 heavy (non-hydrogen) atoms. The van der Waals surface area contributed by atoms with E-state index in [-0.39, 0.29) is 12.3 Å². The Balaban J connectivity index is 2.38. The Kier molecular flexibility index (Phi) is 2.16. The lowest BCUT2D eigenvalue weighted by molar-refractivity contribution is -0.120. The molecular formula is C9H9N3O2. The van der Waals surface area contributed by atoms with Gasteiger partial charge in [-0.2, -0.15) is 0 Å². The molecule has 0 unspecified atom stereocenters. The van der Waals surface area contributed by atoms with Gasteiger partial charge in [-0.25, -0.2) is 5.84 Å². The standard InChI is InChI=1S/C9H9N3O2/c10-11-9(13)5-7-6-3-1-2-4-8(6)14-12-7/h1-4H,5,10H2,(H,11,13). The van der Waals surface area contributed by atoms with Gasteiger partial charge in [0.1, 0.15) is 5.69 Å². The Morgan fingerprint density at radius 2 is 2.29 bits per heavy atom. The minimum Gasteiger partial charge on any atom is -0.356 e. The number of aromatic nitrogens is 1. The maximum absolute atomic E-state index is 11.0. The molecule has 1 aromatic heterocycles. The van der Waals surface area contributed by atoms with E-state index in [9.17, 15) is 4.79 Å². The van der Waals surface area contributed by atoms with Gasteiger partial charge in [-0.05, 0) is 12.1 Å².